The second kappa shape index (κ2) is 4.80. The lowest BCUT2D eigenvalue weighted by molar-refractivity contribution is -0.130. The molecule has 4 heteroatoms. The fourth-order valence-corrected chi connectivity index (χ4v) is 1.83. The minimum absolute atomic E-state index is 0.0896. The summed E-state index contributed by atoms with van der Waals surface area (Å²) in [4.78, 5) is 11.9. The zero-order valence-electron chi connectivity index (χ0n) is 8.53. The Balaban J connectivity index is 2.52. The summed E-state index contributed by atoms with van der Waals surface area (Å²) in [7, 11) is 0. The van der Waals surface area contributed by atoms with Crippen molar-refractivity contribution >= 4 is 17.5 Å². The van der Waals surface area contributed by atoms with Crippen LogP contribution >= 0.6 is 11.6 Å². The first-order valence-corrected chi connectivity index (χ1v) is 5.31. The Morgan fingerprint density at radius 3 is 2.86 bits per heavy atom. The number of halogens is 1. The van der Waals surface area contributed by atoms with Crippen LogP contribution in [0, 0.1) is 5.41 Å². The van der Waals surface area contributed by atoms with E-state index in [4.69, 9.17) is 11.6 Å². The van der Waals surface area contributed by atoms with Crippen LogP contribution in [0.4, 0.5) is 0 Å². The minimum atomic E-state index is -0.230. The third-order valence-corrected chi connectivity index (χ3v) is 2.98. The number of carbonyl (C=O) groups is 1. The summed E-state index contributed by atoms with van der Waals surface area (Å²) in [5.41, 5.74) is -0.230. The van der Waals surface area contributed by atoms with E-state index in [9.17, 15) is 4.79 Å². The van der Waals surface area contributed by atoms with Gasteiger partial charge >= 0.3 is 0 Å². The van der Waals surface area contributed by atoms with Gasteiger partial charge in [0.2, 0.25) is 5.91 Å². The molecule has 14 heavy (non-hydrogen) atoms. The minimum Gasteiger partial charge on any atom is -0.351 e. The maximum Gasteiger partial charge on any atom is 0.227 e. The molecule has 1 saturated heterocycles. The highest BCUT2D eigenvalue weighted by Gasteiger charge is 2.39. The van der Waals surface area contributed by atoms with Gasteiger partial charge in [-0.3, -0.25) is 4.79 Å². The van der Waals surface area contributed by atoms with Crippen molar-refractivity contribution in [1.29, 1.82) is 0 Å². The Bertz CT molecular complexity index is 234. The molecular formula is C10H17ClN2O. The quantitative estimate of drug-likeness (QED) is 0.743. The maximum absolute atomic E-state index is 11.9. The van der Waals surface area contributed by atoms with E-state index in [0.29, 0.717) is 11.6 Å². The fourth-order valence-electron chi connectivity index (χ4n) is 1.76. The summed E-state index contributed by atoms with van der Waals surface area (Å²) >= 11 is 5.59. The third-order valence-electron chi connectivity index (χ3n) is 2.84. The lowest BCUT2D eigenvalue weighted by Crippen LogP contribution is -2.42. The molecule has 0 aromatic heterocycles. The predicted octanol–water partition coefficient (Wildman–Crippen LogP) is 1.24. The lowest BCUT2D eigenvalue weighted by Gasteiger charge is -2.25. The first-order chi connectivity index (χ1) is 6.60. The topological polar surface area (TPSA) is 41.1 Å². The van der Waals surface area contributed by atoms with Crippen molar-refractivity contribution < 1.29 is 4.79 Å². The molecule has 0 radical (unpaired) electrons. The predicted molar refractivity (Wildman–Crippen MR) is 58.2 cm³/mol. The van der Waals surface area contributed by atoms with Crippen molar-refractivity contribution in [3.05, 3.63) is 11.6 Å². The van der Waals surface area contributed by atoms with Gasteiger partial charge in [-0.05, 0) is 19.4 Å². The largest absolute Gasteiger partial charge is 0.351 e. The van der Waals surface area contributed by atoms with Gasteiger partial charge in [0.15, 0.2) is 0 Å². The molecule has 3 nitrogen and oxygen atoms in total. The van der Waals surface area contributed by atoms with E-state index in [1.807, 2.05) is 6.92 Å². The van der Waals surface area contributed by atoms with E-state index in [1.54, 1.807) is 0 Å². The molecule has 2 N–H and O–H groups in total. The Kier molecular flexibility index (Phi) is 3.96. The van der Waals surface area contributed by atoms with E-state index in [0.717, 1.165) is 25.9 Å². The fraction of sp³-hybridized carbons (Fsp3) is 0.700. The highest BCUT2D eigenvalue weighted by Crippen LogP contribution is 2.29. The number of hydrogen-bond acceptors (Lipinski definition) is 2. The third kappa shape index (κ3) is 2.49. The van der Waals surface area contributed by atoms with Crippen LogP contribution in [0.15, 0.2) is 11.6 Å². The van der Waals surface area contributed by atoms with Gasteiger partial charge < -0.3 is 10.6 Å². The first-order valence-electron chi connectivity index (χ1n) is 4.93. The van der Waals surface area contributed by atoms with Gasteiger partial charge in [-0.15, -0.1) is 0 Å². The maximum atomic E-state index is 11.9. The molecule has 1 amide bonds. The molecule has 0 aliphatic carbocycles. The van der Waals surface area contributed by atoms with Crippen molar-refractivity contribution in [1.82, 2.24) is 10.6 Å². The van der Waals surface area contributed by atoms with Gasteiger partial charge in [0.25, 0.3) is 0 Å². The summed E-state index contributed by atoms with van der Waals surface area (Å²) in [6.45, 7) is 7.63. The average Bonchev–Trinajstić information content (AvgIpc) is 2.63. The first kappa shape index (κ1) is 11.5. The summed E-state index contributed by atoms with van der Waals surface area (Å²) in [5, 5.41) is 6.49. The molecule has 0 aromatic rings. The second-order valence-electron chi connectivity index (χ2n) is 3.76. The van der Waals surface area contributed by atoms with Crippen molar-refractivity contribution in [2.75, 3.05) is 19.6 Å². The SMILES string of the molecule is C=C(Cl)CNC(=O)C1(CC)CCNC1. The van der Waals surface area contributed by atoms with E-state index in [1.165, 1.54) is 0 Å². The molecule has 1 atom stereocenters. The lowest BCUT2D eigenvalue weighted by atomic mass is 9.83. The zero-order valence-corrected chi connectivity index (χ0v) is 9.28. The van der Waals surface area contributed by atoms with Crippen LogP contribution in [-0.4, -0.2) is 25.5 Å². The summed E-state index contributed by atoms with van der Waals surface area (Å²) in [6.07, 6.45) is 1.77. The molecule has 0 aromatic carbocycles. The van der Waals surface area contributed by atoms with Crippen LogP contribution in [-0.2, 0) is 4.79 Å². The molecule has 1 aliphatic rings. The van der Waals surface area contributed by atoms with Gasteiger partial charge in [0.05, 0.1) is 12.0 Å². The number of amides is 1. The Morgan fingerprint density at radius 2 is 2.43 bits per heavy atom. The smallest absolute Gasteiger partial charge is 0.227 e. The van der Waals surface area contributed by atoms with Crippen molar-refractivity contribution in [3.63, 3.8) is 0 Å². The van der Waals surface area contributed by atoms with Gasteiger partial charge in [0, 0.05) is 11.6 Å². The summed E-state index contributed by atoms with van der Waals surface area (Å²) in [5.74, 6) is 0.0896. The highest BCUT2D eigenvalue weighted by atomic mass is 35.5. The van der Waals surface area contributed by atoms with Crippen LogP contribution in [0.25, 0.3) is 0 Å². The number of hydrogen-bond donors (Lipinski definition) is 2. The number of rotatable bonds is 4. The molecule has 1 aliphatic heterocycles. The van der Waals surface area contributed by atoms with Crippen LogP contribution in [0.3, 0.4) is 0 Å². The van der Waals surface area contributed by atoms with Crippen LogP contribution < -0.4 is 10.6 Å². The molecule has 1 unspecified atom stereocenters. The van der Waals surface area contributed by atoms with Crippen molar-refractivity contribution in [2.24, 2.45) is 5.41 Å². The zero-order chi connectivity index (χ0) is 10.6. The van der Waals surface area contributed by atoms with E-state index < -0.39 is 0 Å². The van der Waals surface area contributed by atoms with Gasteiger partial charge in [-0.1, -0.05) is 25.1 Å². The molecule has 1 heterocycles. The highest BCUT2D eigenvalue weighted by molar-refractivity contribution is 6.29. The Hall–Kier alpha value is -0.540. The van der Waals surface area contributed by atoms with E-state index in [2.05, 4.69) is 17.2 Å². The van der Waals surface area contributed by atoms with Crippen LogP contribution in [0.2, 0.25) is 0 Å². The molecule has 0 spiro atoms. The monoisotopic (exact) mass is 216 g/mol. The molecule has 1 fully saturated rings. The summed E-state index contributed by atoms with van der Waals surface area (Å²) < 4.78 is 0. The molecule has 1 rings (SSSR count). The normalized spacial score (nSPS) is 26.1. The van der Waals surface area contributed by atoms with E-state index in [-0.39, 0.29) is 11.3 Å². The molecule has 0 saturated carbocycles. The standard InChI is InChI=1S/C10H17ClN2O/c1-3-10(4-5-12-7-10)9(14)13-6-8(2)11/h12H,2-7H2,1H3,(H,13,14). The van der Waals surface area contributed by atoms with Gasteiger partial charge in [-0.25, -0.2) is 0 Å². The number of nitrogens with one attached hydrogen (secondary N) is 2. The Labute approximate surface area is 89.9 Å². The van der Waals surface area contributed by atoms with E-state index >= 15 is 0 Å². The second-order valence-corrected chi connectivity index (χ2v) is 4.30. The van der Waals surface area contributed by atoms with Crippen LogP contribution in [0.1, 0.15) is 19.8 Å². The van der Waals surface area contributed by atoms with Gasteiger partial charge in [0.1, 0.15) is 0 Å². The van der Waals surface area contributed by atoms with Crippen molar-refractivity contribution in [3.8, 4) is 0 Å². The molecular weight excluding hydrogens is 200 g/mol. The van der Waals surface area contributed by atoms with Gasteiger partial charge in [-0.2, -0.15) is 0 Å². The average molecular weight is 217 g/mol. The number of carbonyl (C=O) groups excluding carboxylic acids is 1. The summed E-state index contributed by atoms with van der Waals surface area (Å²) in [6, 6.07) is 0. The van der Waals surface area contributed by atoms with Crippen LogP contribution in [0.5, 0.6) is 0 Å². The Morgan fingerprint density at radius 1 is 1.71 bits per heavy atom. The van der Waals surface area contributed by atoms with Crippen molar-refractivity contribution in [2.45, 2.75) is 19.8 Å². The molecule has 80 valence electrons. The molecule has 0 bridgehead atoms.